The summed E-state index contributed by atoms with van der Waals surface area (Å²) in [5.41, 5.74) is 0. The number of aliphatic hydroxyl groups excluding tert-OH is 1. The minimum absolute atomic E-state index is 0.195. The fourth-order valence-corrected chi connectivity index (χ4v) is 3.82. The number of aliphatic hydroxyl groups is 1. The second kappa shape index (κ2) is 6.96. The highest BCUT2D eigenvalue weighted by atomic mass is 32.2. The molecule has 0 aromatic rings. The van der Waals surface area contributed by atoms with E-state index in [1.54, 1.807) is 11.8 Å². The molecule has 6 heteroatoms. The largest absolute Gasteiger partial charge is 0.491 e. The zero-order chi connectivity index (χ0) is 14.7. The van der Waals surface area contributed by atoms with Crippen LogP contribution in [0.25, 0.3) is 0 Å². The molecule has 0 aromatic heterocycles. The van der Waals surface area contributed by atoms with Crippen LogP contribution in [0, 0.1) is 0 Å². The first-order valence-electron chi connectivity index (χ1n) is 7.56. The van der Waals surface area contributed by atoms with Gasteiger partial charge in [-0.15, -0.1) is 11.8 Å². The molecule has 2 unspecified atom stereocenters. The average Bonchev–Trinajstić information content (AvgIpc) is 2.85. The maximum atomic E-state index is 10.1. The number of nitrogens with zero attached hydrogens (tertiary/aromatic N) is 2. The summed E-state index contributed by atoms with van der Waals surface area (Å²) in [5.74, 6) is 0.828. The molecular weight excluding hydrogens is 286 g/mol. The van der Waals surface area contributed by atoms with Gasteiger partial charge in [0.2, 0.25) is 0 Å². The number of rotatable bonds is 5. The van der Waals surface area contributed by atoms with Crippen molar-refractivity contribution in [1.82, 2.24) is 10.2 Å². The molecule has 0 saturated carbocycles. The number of fused-ring (bicyclic) bond motifs is 1. The van der Waals surface area contributed by atoms with E-state index in [0.29, 0.717) is 18.4 Å². The van der Waals surface area contributed by atoms with E-state index >= 15 is 0 Å². The SMILES string of the molecule is CC1=NC2C=C(OC[C@H](O)CN3CCNCC3)C=CC2S1. The lowest BCUT2D eigenvalue weighted by molar-refractivity contribution is 0.0424. The first kappa shape index (κ1) is 15.1. The van der Waals surface area contributed by atoms with Crippen LogP contribution < -0.4 is 5.32 Å². The molecule has 1 saturated heterocycles. The van der Waals surface area contributed by atoms with E-state index in [0.717, 1.165) is 37.0 Å². The summed E-state index contributed by atoms with van der Waals surface area (Å²) in [6.07, 6.45) is 5.76. The Labute approximate surface area is 130 Å². The summed E-state index contributed by atoms with van der Waals surface area (Å²) >= 11 is 1.80. The van der Waals surface area contributed by atoms with Crippen LogP contribution in [-0.4, -0.2) is 71.8 Å². The summed E-state index contributed by atoms with van der Waals surface area (Å²) in [6, 6.07) is 0.195. The van der Waals surface area contributed by atoms with Crippen molar-refractivity contribution >= 4 is 16.8 Å². The van der Waals surface area contributed by atoms with E-state index in [-0.39, 0.29) is 6.04 Å². The van der Waals surface area contributed by atoms with Gasteiger partial charge in [-0.05, 0) is 19.1 Å². The van der Waals surface area contributed by atoms with Gasteiger partial charge in [0.05, 0.1) is 16.3 Å². The maximum absolute atomic E-state index is 10.1. The van der Waals surface area contributed by atoms with Crippen molar-refractivity contribution in [2.75, 3.05) is 39.3 Å². The molecule has 1 aliphatic carbocycles. The molecule has 2 heterocycles. The fourth-order valence-electron chi connectivity index (χ4n) is 2.81. The third kappa shape index (κ3) is 4.10. The van der Waals surface area contributed by atoms with Crippen LogP contribution in [0.5, 0.6) is 0 Å². The molecule has 3 aliphatic rings. The number of hydrogen-bond acceptors (Lipinski definition) is 6. The number of nitrogens with one attached hydrogen (secondary N) is 1. The number of aliphatic imine (C=N–C) groups is 1. The standard InChI is InChI=1S/C15H23N3O2S/c1-11-17-14-8-13(2-3-15(14)21-11)20-10-12(19)9-18-6-4-16-5-7-18/h2-3,8,12,14-16,19H,4-7,9-10H2,1H3/t12-,14?,15?/m1/s1. The highest BCUT2D eigenvalue weighted by molar-refractivity contribution is 8.14. The van der Waals surface area contributed by atoms with Crippen molar-refractivity contribution in [1.29, 1.82) is 0 Å². The third-order valence-electron chi connectivity index (χ3n) is 3.88. The molecule has 2 aliphatic heterocycles. The van der Waals surface area contributed by atoms with Crippen molar-refractivity contribution < 1.29 is 9.84 Å². The molecule has 5 nitrogen and oxygen atoms in total. The molecule has 1 fully saturated rings. The van der Waals surface area contributed by atoms with Crippen LogP contribution in [0.2, 0.25) is 0 Å². The lowest BCUT2D eigenvalue weighted by Crippen LogP contribution is -2.47. The van der Waals surface area contributed by atoms with Crippen molar-refractivity contribution in [3.8, 4) is 0 Å². The minimum Gasteiger partial charge on any atom is -0.491 e. The van der Waals surface area contributed by atoms with Gasteiger partial charge in [-0.25, -0.2) is 0 Å². The first-order valence-corrected chi connectivity index (χ1v) is 8.44. The summed E-state index contributed by atoms with van der Waals surface area (Å²) in [6.45, 7) is 7.05. The lowest BCUT2D eigenvalue weighted by atomic mass is 10.1. The Kier molecular flexibility index (Phi) is 5.00. The van der Waals surface area contributed by atoms with E-state index in [9.17, 15) is 5.11 Å². The summed E-state index contributed by atoms with van der Waals surface area (Å²) in [7, 11) is 0. The predicted octanol–water partition coefficient (Wildman–Crippen LogP) is 0.625. The monoisotopic (exact) mass is 309 g/mol. The molecule has 0 amide bonds. The second-order valence-electron chi connectivity index (χ2n) is 5.66. The van der Waals surface area contributed by atoms with Crippen molar-refractivity contribution in [3.63, 3.8) is 0 Å². The van der Waals surface area contributed by atoms with E-state index in [1.807, 2.05) is 13.0 Å². The second-order valence-corrected chi connectivity index (χ2v) is 7.04. The van der Waals surface area contributed by atoms with Gasteiger partial charge < -0.3 is 15.2 Å². The number of β-amino-alcohol motifs (C(OH)–C–C–N with tert-alkyl or cyclic N) is 1. The van der Waals surface area contributed by atoms with Crippen LogP contribution in [0.15, 0.2) is 29.0 Å². The topological polar surface area (TPSA) is 57.1 Å². The quantitative estimate of drug-likeness (QED) is 0.780. The molecule has 21 heavy (non-hydrogen) atoms. The molecule has 0 aromatic carbocycles. The van der Waals surface area contributed by atoms with Crippen LogP contribution in [0.1, 0.15) is 6.92 Å². The van der Waals surface area contributed by atoms with Crippen LogP contribution in [0.3, 0.4) is 0 Å². The Morgan fingerprint density at radius 1 is 1.52 bits per heavy atom. The highest BCUT2D eigenvalue weighted by Crippen LogP contribution is 2.32. The molecule has 0 radical (unpaired) electrons. The molecule has 2 N–H and O–H groups in total. The summed E-state index contributed by atoms with van der Waals surface area (Å²) in [4.78, 5) is 6.85. The number of ether oxygens (including phenoxy) is 1. The molecule has 3 rings (SSSR count). The Balaban J connectivity index is 1.44. The lowest BCUT2D eigenvalue weighted by Gasteiger charge is -2.29. The van der Waals surface area contributed by atoms with Gasteiger partial charge in [0.1, 0.15) is 18.5 Å². The van der Waals surface area contributed by atoms with Crippen molar-refractivity contribution in [2.45, 2.75) is 24.3 Å². The third-order valence-corrected chi connectivity index (χ3v) is 5.03. The van der Waals surface area contributed by atoms with Crippen molar-refractivity contribution in [2.24, 2.45) is 4.99 Å². The molecule has 0 spiro atoms. The van der Waals surface area contributed by atoms with Gasteiger partial charge in [0.25, 0.3) is 0 Å². The number of hydrogen-bond donors (Lipinski definition) is 2. The first-order chi connectivity index (χ1) is 10.2. The normalized spacial score (nSPS) is 30.6. The van der Waals surface area contributed by atoms with Crippen LogP contribution in [-0.2, 0) is 4.74 Å². The minimum atomic E-state index is -0.446. The van der Waals surface area contributed by atoms with E-state index in [1.165, 1.54) is 0 Å². The molecule has 3 atom stereocenters. The number of allylic oxidation sites excluding steroid dienone is 1. The highest BCUT2D eigenvalue weighted by Gasteiger charge is 2.27. The average molecular weight is 309 g/mol. The Hall–Kier alpha value is -0.820. The van der Waals surface area contributed by atoms with Crippen LogP contribution in [0.4, 0.5) is 0 Å². The maximum Gasteiger partial charge on any atom is 0.117 e. The Morgan fingerprint density at radius 2 is 2.33 bits per heavy atom. The van der Waals surface area contributed by atoms with Gasteiger partial charge in [-0.3, -0.25) is 9.89 Å². The zero-order valence-corrected chi connectivity index (χ0v) is 13.2. The van der Waals surface area contributed by atoms with E-state index in [2.05, 4.69) is 27.4 Å². The Bertz CT molecular complexity index is 458. The van der Waals surface area contributed by atoms with E-state index in [4.69, 9.17) is 4.74 Å². The van der Waals surface area contributed by atoms with Crippen LogP contribution >= 0.6 is 11.8 Å². The molecule has 0 bridgehead atoms. The van der Waals surface area contributed by atoms with Gasteiger partial charge in [0, 0.05) is 32.7 Å². The zero-order valence-electron chi connectivity index (χ0n) is 12.4. The van der Waals surface area contributed by atoms with Gasteiger partial charge >= 0.3 is 0 Å². The Morgan fingerprint density at radius 3 is 3.14 bits per heavy atom. The molecular formula is C15H23N3O2S. The van der Waals surface area contributed by atoms with Gasteiger partial charge in [-0.1, -0.05) is 6.08 Å². The fraction of sp³-hybridized carbons (Fsp3) is 0.667. The number of piperazine rings is 1. The summed E-state index contributed by atoms with van der Waals surface area (Å²) in [5, 5.41) is 15.0. The number of thioether (sulfide) groups is 1. The molecule has 116 valence electrons. The van der Waals surface area contributed by atoms with Gasteiger partial charge in [0.15, 0.2) is 0 Å². The summed E-state index contributed by atoms with van der Waals surface area (Å²) < 4.78 is 5.73. The smallest absolute Gasteiger partial charge is 0.117 e. The van der Waals surface area contributed by atoms with Gasteiger partial charge in [-0.2, -0.15) is 0 Å². The van der Waals surface area contributed by atoms with Crippen molar-refractivity contribution in [3.05, 3.63) is 24.0 Å². The van der Waals surface area contributed by atoms with E-state index < -0.39 is 6.10 Å². The predicted molar refractivity (Wildman–Crippen MR) is 86.8 cm³/mol.